The molecule has 1 aliphatic rings. The normalized spacial score (nSPS) is 20.2. The van der Waals surface area contributed by atoms with Crippen molar-refractivity contribution in [1.82, 2.24) is 15.2 Å². The summed E-state index contributed by atoms with van der Waals surface area (Å²) in [6, 6.07) is 4.02. The SMILES string of the molecule is Cc1ncccc1C(=O)N(C)C1CCCNCC1. The van der Waals surface area contributed by atoms with Gasteiger partial charge in [-0.3, -0.25) is 9.78 Å². The average Bonchev–Trinajstić information content (AvgIpc) is 2.66. The number of carbonyl (C=O) groups is 1. The van der Waals surface area contributed by atoms with Crippen LogP contribution in [0.3, 0.4) is 0 Å². The molecule has 0 aromatic carbocycles. The zero-order valence-electron chi connectivity index (χ0n) is 11.1. The summed E-state index contributed by atoms with van der Waals surface area (Å²) in [5, 5.41) is 3.37. The standard InChI is InChI=1S/C14H21N3O/c1-11-13(6-4-9-16-11)14(18)17(2)12-5-3-8-15-10-7-12/h4,6,9,12,15H,3,5,7-8,10H2,1-2H3. The van der Waals surface area contributed by atoms with E-state index in [-0.39, 0.29) is 5.91 Å². The summed E-state index contributed by atoms with van der Waals surface area (Å²) in [5.74, 6) is 0.0903. The Morgan fingerprint density at radius 1 is 1.44 bits per heavy atom. The third-order valence-electron chi connectivity index (χ3n) is 3.65. The van der Waals surface area contributed by atoms with E-state index in [2.05, 4.69) is 10.3 Å². The highest BCUT2D eigenvalue weighted by Crippen LogP contribution is 2.16. The quantitative estimate of drug-likeness (QED) is 0.863. The smallest absolute Gasteiger partial charge is 0.255 e. The van der Waals surface area contributed by atoms with Crippen LogP contribution in [-0.4, -0.2) is 42.0 Å². The summed E-state index contributed by atoms with van der Waals surface area (Å²) in [5.41, 5.74) is 1.53. The third kappa shape index (κ3) is 2.88. The first-order valence-electron chi connectivity index (χ1n) is 6.59. The average molecular weight is 247 g/mol. The summed E-state index contributed by atoms with van der Waals surface area (Å²) >= 11 is 0. The largest absolute Gasteiger partial charge is 0.339 e. The van der Waals surface area contributed by atoms with Crippen molar-refractivity contribution in [2.45, 2.75) is 32.2 Å². The second-order valence-electron chi connectivity index (χ2n) is 4.89. The van der Waals surface area contributed by atoms with Crippen LogP contribution < -0.4 is 5.32 Å². The molecule has 1 unspecified atom stereocenters. The van der Waals surface area contributed by atoms with Crippen molar-refractivity contribution in [2.75, 3.05) is 20.1 Å². The van der Waals surface area contributed by atoms with Gasteiger partial charge in [0.1, 0.15) is 0 Å². The fourth-order valence-corrected chi connectivity index (χ4v) is 2.45. The lowest BCUT2D eigenvalue weighted by Crippen LogP contribution is -2.38. The van der Waals surface area contributed by atoms with Crippen molar-refractivity contribution in [3.63, 3.8) is 0 Å². The van der Waals surface area contributed by atoms with Crippen LogP contribution in [0.15, 0.2) is 18.3 Å². The molecule has 1 saturated heterocycles. The van der Waals surface area contributed by atoms with Crippen LogP contribution in [0.25, 0.3) is 0 Å². The van der Waals surface area contributed by atoms with Crippen LogP contribution in [0.2, 0.25) is 0 Å². The van der Waals surface area contributed by atoms with Crippen molar-refractivity contribution in [2.24, 2.45) is 0 Å². The predicted octanol–water partition coefficient (Wildman–Crippen LogP) is 1.60. The van der Waals surface area contributed by atoms with Gasteiger partial charge in [0.15, 0.2) is 0 Å². The van der Waals surface area contributed by atoms with Gasteiger partial charge in [-0.05, 0) is 51.4 Å². The minimum Gasteiger partial charge on any atom is -0.339 e. The van der Waals surface area contributed by atoms with E-state index in [1.165, 1.54) is 0 Å². The monoisotopic (exact) mass is 247 g/mol. The van der Waals surface area contributed by atoms with Gasteiger partial charge in [-0.15, -0.1) is 0 Å². The molecule has 1 atom stereocenters. The first kappa shape index (κ1) is 13.0. The lowest BCUT2D eigenvalue weighted by Gasteiger charge is -2.27. The number of nitrogens with one attached hydrogen (secondary N) is 1. The van der Waals surface area contributed by atoms with Crippen LogP contribution in [0.5, 0.6) is 0 Å². The first-order valence-corrected chi connectivity index (χ1v) is 6.59. The number of nitrogens with zero attached hydrogens (tertiary/aromatic N) is 2. The van der Waals surface area contributed by atoms with Gasteiger partial charge in [-0.25, -0.2) is 0 Å². The van der Waals surface area contributed by atoms with Crippen LogP contribution in [0.1, 0.15) is 35.3 Å². The maximum Gasteiger partial charge on any atom is 0.255 e. The number of hydrogen-bond donors (Lipinski definition) is 1. The van der Waals surface area contributed by atoms with Gasteiger partial charge in [-0.2, -0.15) is 0 Å². The van der Waals surface area contributed by atoms with Crippen molar-refractivity contribution < 1.29 is 4.79 Å². The molecule has 1 N–H and O–H groups in total. The van der Waals surface area contributed by atoms with E-state index >= 15 is 0 Å². The van der Waals surface area contributed by atoms with Crippen molar-refractivity contribution in [3.05, 3.63) is 29.6 Å². The maximum atomic E-state index is 12.4. The lowest BCUT2D eigenvalue weighted by molar-refractivity contribution is 0.0719. The lowest BCUT2D eigenvalue weighted by atomic mass is 10.1. The second-order valence-corrected chi connectivity index (χ2v) is 4.89. The van der Waals surface area contributed by atoms with Crippen LogP contribution in [-0.2, 0) is 0 Å². The van der Waals surface area contributed by atoms with Gasteiger partial charge in [0, 0.05) is 25.0 Å². The van der Waals surface area contributed by atoms with Gasteiger partial charge in [0.2, 0.25) is 0 Å². The van der Waals surface area contributed by atoms with E-state index in [1.807, 2.05) is 31.0 Å². The molecule has 0 aliphatic carbocycles. The molecule has 0 bridgehead atoms. The van der Waals surface area contributed by atoms with E-state index in [0.717, 1.165) is 43.6 Å². The van der Waals surface area contributed by atoms with E-state index < -0.39 is 0 Å². The van der Waals surface area contributed by atoms with E-state index in [9.17, 15) is 4.79 Å². The fraction of sp³-hybridized carbons (Fsp3) is 0.571. The van der Waals surface area contributed by atoms with E-state index in [0.29, 0.717) is 6.04 Å². The molecule has 1 aromatic heterocycles. The summed E-state index contributed by atoms with van der Waals surface area (Å²) in [7, 11) is 1.91. The van der Waals surface area contributed by atoms with Gasteiger partial charge in [-0.1, -0.05) is 0 Å². The highest BCUT2D eigenvalue weighted by atomic mass is 16.2. The Hall–Kier alpha value is -1.42. The molecule has 0 saturated carbocycles. The van der Waals surface area contributed by atoms with Crippen LogP contribution in [0, 0.1) is 6.92 Å². The minimum absolute atomic E-state index is 0.0903. The number of pyridine rings is 1. The van der Waals surface area contributed by atoms with E-state index in [4.69, 9.17) is 0 Å². The Morgan fingerprint density at radius 3 is 3.06 bits per heavy atom. The molecule has 0 radical (unpaired) electrons. The Morgan fingerprint density at radius 2 is 2.28 bits per heavy atom. The number of aryl methyl sites for hydroxylation is 1. The molecule has 2 heterocycles. The molecule has 1 amide bonds. The highest BCUT2D eigenvalue weighted by Gasteiger charge is 2.23. The van der Waals surface area contributed by atoms with E-state index in [1.54, 1.807) is 6.20 Å². The maximum absolute atomic E-state index is 12.4. The van der Waals surface area contributed by atoms with Gasteiger partial charge in [0.05, 0.1) is 5.56 Å². The summed E-state index contributed by atoms with van der Waals surface area (Å²) in [6.45, 7) is 3.94. The predicted molar refractivity (Wildman–Crippen MR) is 71.6 cm³/mol. The summed E-state index contributed by atoms with van der Waals surface area (Å²) in [4.78, 5) is 18.5. The van der Waals surface area contributed by atoms with Crippen molar-refractivity contribution in [1.29, 1.82) is 0 Å². The Balaban J connectivity index is 2.10. The molecule has 4 nitrogen and oxygen atoms in total. The summed E-state index contributed by atoms with van der Waals surface area (Å²) < 4.78 is 0. The first-order chi connectivity index (χ1) is 8.70. The molecule has 98 valence electrons. The molecule has 18 heavy (non-hydrogen) atoms. The zero-order chi connectivity index (χ0) is 13.0. The topological polar surface area (TPSA) is 45.2 Å². The Kier molecular flexibility index (Phi) is 4.31. The Labute approximate surface area is 108 Å². The van der Waals surface area contributed by atoms with Gasteiger partial charge in [0.25, 0.3) is 5.91 Å². The molecule has 1 aromatic rings. The number of carbonyl (C=O) groups excluding carboxylic acids is 1. The van der Waals surface area contributed by atoms with Gasteiger partial charge >= 0.3 is 0 Å². The zero-order valence-corrected chi connectivity index (χ0v) is 11.1. The molecular formula is C14H21N3O. The molecule has 0 spiro atoms. The third-order valence-corrected chi connectivity index (χ3v) is 3.65. The van der Waals surface area contributed by atoms with Crippen LogP contribution >= 0.6 is 0 Å². The molecule has 1 fully saturated rings. The van der Waals surface area contributed by atoms with Crippen molar-refractivity contribution in [3.8, 4) is 0 Å². The number of amides is 1. The highest BCUT2D eigenvalue weighted by molar-refractivity contribution is 5.95. The minimum atomic E-state index is 0.0903. The second kappa shape index (κ2) is 5.96. The molecular weight excluding hydrogens is 226 g/mol. The molecule has 2 rings (SSSR count). The number of aromatic nitrogens is 1. The Bertz CT molecular complexity index is 411. The molecule has 4 heteroatoms. The van der Waals surface area contributed by atoms with Gasteiger partial charge < -0.3 is 10.2 Å². The number of rotatable bonds is 2. The number of hydrogen-bond acceptors (Lipinski definition) is 3. The van der Waals surface area contributed by atoms with Crippen LogP contribution in [0.4, 0.5) is 0 Å². The van der Waals surface area contributed by atoms with Crippen molar-refractivity contribution >= 4 is 5.91 Å². The summed E-state index contributed by atoms with van der Waals surface area (Å²) in [6.07, 6.45) is 4.96. The fourth-order valence-electron chi connectivity index (χ4n) is 2.45. The molecule has 1 aliphatic heterocycles.